The fraction of sp³-hybridized carbons (Fsp3) is 0.235. The molecule has 0 aliphatic rings. The van der Waals surface area contributed by atoms with Crippen molar-refractivity contribution in [1.29, 1.82) is 0 Å². The van der Waals surface area contributed by atoms with Gasteiger partial charge < -0.3 is 11.1 Å². The van der Waals surface area contributed by atoms with Gasteiger partial charge in [-0.05, 0) is 18.1 Å². The first kappa shape index (κ1) is 16.1. The van der Waals surface area contributed by atoms with Crippen LogP contribution in [0.2, 0.25) is 5.02 Å². The van der Waals surface area contributed by atoms with Crippen molar-refractivity contribution in [1.82, 2.24) is 9.78 Å². The van der Waals surface area contributed by atoms with Gasteiger partial charge in [0.2, 0.25) is 0 Å². The summed E-state index contributed by atoms with van der Waals surface area (Å²) in [5, 5.41) is 11.5. The van der Waals surface area contributed by atoms with E-state index in [4.69, 9.17) is 17.3 Å². The zero-order valence-corrected chi connectivity index (χ0v) is 14.4. The van der Waals surface area contributed by atoms with Crippen LogP contribution in [0.3, 0.4) is 0 Å². The van der Waals surface area contributed by atoms with Crippen LogP contribution in [-0.2, 0) is 13.5 Å². The molecule has 6 heteroatoms. The van der Waals surface area contributed by atoms with Gasteiger partial charge in [0.15, 0.2) is 0 Å². The molecule has 3 aromatic rings. The average molecular weight is 347 g/mol. The number of halogens is 1. The van der Waals surface area contributed by atoms with E-state index in [1.807, 2.05) is 13.1 Å². The molecule has 4 nitrogen and oxygen atoms in total. The highest BCUT2D eigenvalue weighted by Gasteiger charge is 2.13. The molecule has 1 aromatic carbocycles. The Morgan fingerprint density at radius 3 is 2.78 bits per heavy atom. The maximum absolute atomic E-state index is 6.21. The number of rotatable bonds is 6. The maximum atomic E-state index is 6.21. The zero-order chi connectivity index (χ0) is 16.2. The number of aromatic nitrogens is 2. The lowest BCUT2D eigenvalue weighted by atomic mass is 10.1. The predicted octanol–water partition coefficient (Wildman–Crippen LogP) is 3.78. The molecule has 120 valence electrons. The Bertz CT molecular complexity index is 747. The van der Waals surface area contributed by atoms with E-state index < -0.39 is 0 Å². The molecule has 0 fully saturated rings. The van der Waals surface area contributed by atoms with E-state index in [1.165, 1.54) is 5.56 Å². The lowest BCUT2D eigenvalue weighted by Crippen LogP contribution is -2.30. The molecule has 0 saturated heterocycles. The normalized spacial score (nSPS) is 12.3. The minimum atomic E-state index is 0.200. The van der Waals surface area contributed by atoms with Crippen LogP contribution in [0.25, 0.3) is 11.3 Å². The highest BCUT2D eigenvalue weighted by Crippen LogP contribution is 2.33. The first-order chi connectivity index (χ1) is 11.2. The third-order valence-corrected chi connectivity index (χ3v) is 4.86. The van der Waals surface area contributed by atoms with Crippen molar-refractivity contribution in [2.24, 2.45) is 12.8 Å². The minimum Gasteiger partial charge on any atom is -0.373 e. The first-order valence-corrected chi connectivity index (χ1v) is 8.70. The Hall–Kier alpha value is -1.82. The van der Waals surface area contributed by atoms with Crippen LogP contribution >= 0.6 is 22.9 Å². The van der Waals surface area contributed by atoms with E-state index in [9.17, 15) is 0 Å². The second kappa shape index (κ2) is 7.17. The second-order valence-corrected chi connectivity index (χ2v) is 6.75. The largest absolute Gasteiger partial charge is 0.373 e. The maximum Gasteiger partial charge on any atom is 0.0892 e. The molecule has 1 unspecified atom stereocenters. The van der Waals surface area contributed by atoms with Crippen LogP contribution in [0.1, 0.15) is 5.56 Å². The van der Waals surface area contributed by atoms with E-state index in [2.05, 4.69) is 46.1 Å². The Labute approximate surface area is 144 Å². The van der Waals surface area contributed by atoms with Gasteiger partial charge in [-0.2, -0.15) is 5.10 Å². The summed E-state index contributed by atoms with van der Waals surface area (Å²) in [5.74, 6) is 0. The Kier molecular flexibility index (Phi) is 5.00. The van der Waals surface area contributed by atoms with E-state index in [1.54, 1.807) is 22.2 Å². The van der Waals surface area contributed by atoms with Gasteiger partial charge >= 0.3 is 0 Å². The number of anilines is 1. The summed E-state index contributed by atoms with van der Waals surface area (Å²) in [7, 11) is 1.89. The molecule has 3 rings (SSSR count). The number of nitrogens with two attached hydrogens (primary N) is 1. The molecule has 0 saturated carbocycles. The lowest BCUT2D eigenvalue weighted by molar-refractivity contribution is 0.726. The van der Waals surface area contributed by atoms with Gasteiger partial charge in [-0.3, -0.25) is 4.68 Å². The van der Waals surface area contributed by atoms with Crippen LogP contribution in [0.5, 0.6) is 0 Å². The van der Waals surface area contributed by atoms with Gasteiger partial charge in [-0.25, -0.2) is 0 Å². The lowest BCUT2D eigenvalue weighted by Gasteiger charge is -2.16. The van der Waals surface area contributed by atoms with E-state index in [0.717, 1.165) is 22.7 Å². The van der Waals surface area contributed by atoms with Crippen LogP contribution in [0.15, 0.2) is 48.0 Å². The summed E-state index contributed by atoms with van der Waals surface area (Å²) in [4.78, 5) is 0. The predicted molar refractivity (Wildman–Crippen MR) is 98.1 cm³/mol. The fourth-order valence-electron chi connectivity index (χ4n) is 2.56. The van der Waals surface area contributed by atoms with Gasteiger partial charge in [0.25, 0.3) is 0 Å². The van der Waals surface area contributed by atoms with Gasteiger partial charge in [0, 0.05) is 30.6 Å². The van der Waals surface area contributed by atoms with Gasteiger partial charge in [-0.15, -0.1) is 11.3 Å². The number of nitrogens with zero attached hydrogens (tertiary/aromatic N) is 2. The summed E-state index contributed by atoms with van der Waals surface area (Å²) >= 11 is 7.86. The highest BCUT2D eigenvalue weighted by molar-refractivity contribution is 7.14. The molecule has 0 radical (unpaired) electrons. The fourth-order valence-corrected chi connectivity index (χ4v) is 3.70. The molecule has 2 aromatic heterocycles. The Morgan fingerprint density at radius 1 is 1.35 bits per heavy atom. The molecular weight excluding hydrogens is 328 g/mol. The smallest absolute Gasteiger partial charge is 0.0892 e. The Morgan fingerprint density at radius 2 is 2.13 bits per heavy atom. The summed E-state index contributed by atoms with van der Waals surface area (Å²) in [6, 6.07) is 12.7. The monoisotopic (exact) mass is 346 g/mol. The topological polar surface area (TPSA) is 55.9 Å². The molecule has 0 amide bonds. The van der Waals surface area contributed by atoms with E-state index in [-0.39, 0.29) is 6.04 Å². The number of benzene rings is 1. The second-order valence-electron chi connectivity index (χ2n) is 5.43. The third kappa shape index (κ3) is 3.75. The Balaban J connectivity index is 1.73. The van der Waals surface area contributed by atoms with Crippen molar-refractivity contribution in [2.75, 3.05) is 11.9 Å². The molecule has 3 N–H and O–H groups in total. The molecule has 1 atom stereocenters. The summed E-state index contributed by atoms with van der Waals surface area (Å²) in [6.07, 6.45) is 2.57. The molecule has 2 heterocycles. The molecule has 0 aliphatic heterocycles. The summed E-state index contributed by atoms with van der Waals surface area (Å²) in [5.41, 5.74) is 9.21. The van der Waals surface area contributed by atoms with Gasteiger partial charge in [0.05, 0.1) is 21.9 Å². The van der Waals surface area contributed by atoms with Crippen molar-refractivity contribution in [3.63, 3.8) is 0 Å². The quantitative estimate of drug-likeness (QED) is 0.714. The van der Waals surface area contributed by atoms with Crippen LogP contribution in [0.4, 0.5) is 5.00 Å². The number of nitrogens with one attached hydrogen (secondary N) is 1. The van der Waals surface area contributed by atoms with Crippen molar-refractivity contribution >= 4 is 27.9 Å². The van der Waals surface area contributed by atoms with Crippen molar-refractivity contribution in [2.45, 2.75) is 12.5 Å². The van der Waals surface area contributed by atoms with Crippen LogP contribution in [0, 0.1) is 0 Å². The zero-order valence-electron chi connectivity index (χ0n) is 12.9. The first-order valence-electron chi connectivity index (χ1n) is 7.44. The number of thiophene rings is 1. The van der Waals surface area contributed by atoms with Crippen molar-refractivity contribution in [3.8, 4) is 11.3 Å². The van der Waals surface area contributed by atoms with Crippen molar-refractivity contribution < 1.29 is 0 Å². The molecule has 23 heavy (non-hydrogen) atoms. The minimum absolute atomic E-state index is 0.200. The van der Waals surface area contributed by atoms with E-state index in [0.29, 0.717) is 11.6 Å². The van der Waals surface area contributed by atoms with Crippen molar-refractivity contribution in [3.05, 3.63) is 58.6 Å². The van der Waals surface area contributed by atoms with Crippen LogP contribution < -0.4 is 11.1 Å². The number of hydrogen-bond acceptors (Lipinski definition) is 4. The van der Waals surface area contributed by atoms with Crippen LogP contribution in [-0.4, -0.2) is 22.4 Å². The van der Waals surface area contributed by atoms with Gasteiger partial charge in [-0.1, -0.05) is 41.9 Å². The number of hydrogen-bond donors (Lipinski definition) is 2. The molecular formula is C17H19ClN4S. The summed E-state index contributed by atoms with van der Waals surface area (Å²) in [6.45, 7) is 0.578. The van der Waals surface area contributed by atoms with E-state index >= 15 is 0 Å². The number of aryl methyl sites for hydroxylation is 1. The molecule has 0 bridgehead atoms. The third-order valence-electron chi connectivity index (χ3n) is 3.72. The van der Waals surface area contributed by atoms with Gasteiger partial charge in [0.1, 0.15) is 0 Å². The highest BCUT2D eigenvalue weighted by atomic mass is 35.5. The standard InChI is InChI=1S/C17H19ClN4S/c1-22-17(15(18)10-20-22)13-8-16(23-11-13)21-14(9-19)7-12-5-3-2-4-6-12/h2-6,8,10-11,14,21H,7,9,19H2,1H3. The molecule has 0 aliphatic carbocycles. The summed E-state index contributed by atoms with van der Waals surface area (Å²) < 4.78 is 1.79. The molecule has 0 spiro atoms. The average Bonchev–Trinajstić information content (AvgIpc) is 3.14. The SMILES string of the molecule is Cn1ncc(Cl)c1-c1csc(NC(CN)Cc2ccccc2)c1.